The molecule has 1 aliphatic rings. The van der Waals surface area contributed by atoms with Crippen molar-refractivity contribution in [2.24, 2.45) is 4.99 Å². The highest BCUT2D eigenvalue weighted by atomic mass is 35.5. The predicted octanol–water partition coefficient (Wildman–Crippen LogP) is 7.64. The molecule has 0 bridgehead atoms. The van der Waals surface area contributed by atoms with E-state index in [1.54, 1.807) is 12.0 Å². The Bertz CT molecular complexity index is 1300. The third kappa shape index (κ3) is 5.94. The molecule has 0 saturated carbocycles. The number of carbonyl (C=O) groups is 1. The van der Waals surface area contributed by atoms with E-state index in [1.165, 1.54) is 17.3 Å². The van der Waals surface area contributed by atoms with Gasteiger partial charge in [0.1, 0.15) is 6.61 Å². The van der Waals surface area contributed by atoms with Crippen LogP contribution in [0.5, 0.6) is 11.5 Å². The number of methoxy groups -OCH3 is 1. The number of thioether (sulfide) groups is 1. The summed E-state index contributed by atoms with van der Waals surface area (Å²) >= 11 is 7.64. The van der Waals surface area contributed by atoms with Gasteiger partial charge in [0.25, 0.3) is 5.91 Å². The smallest absolute Gasteiger partial charge is 0.266 e. The molecular formula is C29H29ClN2O3S. The minimum atomic E-state index is -0.0433. The third-order valence-corrected chi connectivity index (χ3v) is 7.31. The lowest BCUT2D eigenvalue weighted by molar-refractivity contribution is -0.123. The van der Waals surface area contributed by atoms with Crippen LogP contribution in [0.15, 0.2) is 76.6 Å². The average Bonchev–Trinajstić information content (AvgIpc) is 3.18. The van der Waals surface area contributed by atoms with Crippen molar-refractivity contribution in [3.05, 3.63) is 93.3 Å². The van der Waals surface area contributed by atoms with Gasteiger partial charge in [-0.05, 0) is 74.0 Å². The number of amides is 1. The summed E-state index contributed by atoms with van der Waals surface area (Å²) in [6.07, 6.45) is 2.71. The molecule has 0 radical (unpaired) electrons. The molecular weight excluding hydrogens is 492 g/mol. The first kappa shape index (κ1) is 25.9. The lowest BCUT2D eigenvalue weighted by atomic mass is 10.1. The Morgan fingerprint density at radius 2 is 1.83 bits per heavy atom. The second-order valence-corrected chi connectivity index (χ2v) is 9.98. The molecule has 0 spiro atoms. The molecule has 0 aromatic heterocycles. The molecule has 186 valence electrons. The van der Waals surface area contributed by atoms with E-state index in [-0.39, 0.29) is 11.9 Å². The van der Waals surface area contributed by atoms with E-state index < -0.39 is 0 Å². The van der Waals surface area contributed by atoms with Crippen molar-refractivity contribution in [1.82, 2.24) is 4.90 Å². The molecule has 0 aliphatic carbocycles. The number of aryl methyl sites for hydroxylation is 1. The number of hydrogen-bond acceptors (Lipinski definition) is 5. The Morgan fingerprint density at radius 3 is 2.53 bits per heavy atom. The van der Waals surface area contributed by atoms with Crippen LogP contribution in [0, 0.1) is 6.92 Å². The first-order chi connectivity index (χ1) is 17.4. The van der Waals surface area contributed by atoms with E-state index in [4.69, 9.17) is 26.1 Å². The van der Waals surface area contributed by atoms with Gasteiger partial charge in [0.15, 0.2) is 16.7 Å². The van der Waals surface area contributed by atoms with Gasteiger partial charge in [0.2, 0.25) is 0 Å². The van der Waals surface area contributed by atoms with Gasteiger partial charge in [-0.25, -0.2) is 4.99 Å². The summed E-state index contributed by atoms with van der Waals surface area (Å²) in [5.41, 5.74) is 3.73. The van der Waals surface area contributed by atoms with Crippen LogP contribution >= 0.6 is 23.4 Å². The van der Waals surface area contributed by atoms with Crippen LogP contribution in [0.3, 0.4) is 0 Å². The predicted molar refractivity (Wildman–Crippen MR) is 149 cm³/mol. The molecule has 1 fully saturated rings. The van der Waals surface area contributed by atoms with Crippen LogP contribution in [0.4, 0.5) is 5.69 Å². The normalized spacial score (nSPS) is 16.6. The fourth-order valence-electron chi connectivity index (χ4n) is 3.68. The summed E-state index contributed by atoms with van der Waals surface area (Å²) in [7, 11) is 1.60. The van der Waals surface area contributed by atoms with Gasteiger partial charge in [0.05, 0.1) is 17.7 Å². The molecule has 3 aromatic carbocycles. The van der Waals surface area contributed by atoms with E-state index >= 15 is 0 Å². The molecule has 0 unspecified atom stereocenters. The summed E-state index contributed by atoms with van der Waals surface area (Å²) in [6, 6.07) is 21.2. The molecule has 1 atom stereocenters. The number of hydrogen-bond donors (Lipinski definition) is 0. The molecule has 7 heteroatoms. The van der Waals surface area contributed by atoms with Crippen LogP contribution in [0.2, 0.25) is 5.02 Å². The number of aliphatic imine (C=N–C) groups is 1. The van der Waals surface area contributed by atoms with Crippen LogP contribution in [0.25, 0.3) is 6.08 Å². The molecule has 5 nitrogen and oxygen atoms in total. The zero-order valence-electron chi connectivity index (χ0n) is 20.8. The van der Waals surface area contributed by atoms with Gasteiger partial charge in [-0.1, -0.05) is 60.5 Å². The number of amidine groups is 1. The highest BCUT2D eigenvalue weighted by Crippen LogP contribution is 2.37. The minimum absolute atomic E-state index is 0.0372. The van der Waals surface area contributed by atoms with Gasteiger partial charge < -0.3 is 9.47 Å². The van der Waals surface area contributed by atoms with Crippen molar-refractivity contribution >= 4 is 46.2 Å². The largest absolute Gasteiger partial charge is 0.493 e. The zero-order chi connectivity index (χ0) is 25.7. The van der Waals surface area contributed by atoms with Crippen molar-refractivity contribution in [2.45, 2.75) is 39.8 Å². The Labute approximate surface area is 221 Å². The molecule has 4 rings (SSSR count). The minimum Gasteiger partial charge on any atom is -0.493 e. The summed E-state index contributed by atoms with van der Waals surface area (Å²) in [4.78, 5) is 20.6. The summed E-state index contributed by atoms with van der Waals surface area (Å²) < 4.78 is 11.5. The second-order valence-electron chi connectivity index (χ2n) is 8.56. The fraction of sp³-hybridized carbons (Fsp3) is 0.241. The van der Waals surface area contributed by atoms with Gasteiger partial charge in [-0.15, -0.1) is 0 Å². The maximum Gasteiger partial charge on any atom is 0.266 e. The van der Waals surface area contributed by atoms with Crippen LogP contribution in [0.1, 0.15) is 37.0 Å². The van der Waals surface area contributed by atoms with Crippen molar-refractivity contribution in [3.8, 4) is 11.5 Å². The van der Waals surface area contributed by atoms with Gasteiger partial charge in [-0.2, -0.15) is 0 Å². The van der Waals surface area contributed by atoms with Crippen molar-refractivity contribution < 1.29 is 14.3 Å². The molecule has 36 heavy (non-hydrogen) atoms. The molecule has 0 N–H and O–H groups in total. The summed E-state index contributed by atoms with van der Waals surface area (Å²) in [5.74, 6) is 1.14. The van der Waals surface area contributed by atoms with Gasteiger partial charge >= 0.3 is 0 Å². The number of rotatable bonds is 8. The van der Waals surface area contributed by atoms with E-state index in [1.807, 2.05) is 86.7 Å². The molecule has 3 aromatic rings. The van der Waals surface area contributed by atoms with Crippen LogP contribution < -0.4 is 9.47 Å². The summed E-state index contributed by atoms with van der Waals surface area (Å²) in [5, 5.41) is 1.35. The van der Waals surface area contributed by atoms with Gasteiger partial charge in [0, 0.05) is 16.6 Å². The van der Waals surface area contributed by atoms with Crippen LogP contribution in [-0.2, 0) is 11.4 Å². The molecule has 1 amide bonds. The standard InChI is InChI=1S/C29H29ClN2O3S/c1-5-20(3)32-28(33)27(36-29(32)31-23-13-10-19(2)11-14-23)17-21-12-15-25(26(16-21)34-4)35-18-22-8-6-7-9-24(22)30/h6-17,20H,5,18H2,1-4H3/b27-17+,31-29?/t20-/m1/s1. The lowest BCUT2D eigenvalue weighted by Gasteiger charge is -2.22. The number of nitrogens with zero attached hydrogens (tertiary/aromatic N) is 2. The number of benzene rings is 3. The van der Waals surface area contributed by atoms with E-state index in [0.717, 1.165) is 23.2 Å². The lowest BCUT2D eigenvalue weighted by Crippen LogP contribution is -2.36. The SMILES string of the molecule is CC[C@@H](C)N1C(=O)/C(=C\c2ccc(OCc3ccccc3Cl)c(OC)c2)SC1=Nc1ccc(C)cc1. The summed E-state index contributed by atoms with van der Waals surface area (Å²) in [6.45, 7) is 6.48. The fourth-order valence-corrected chi connectivity index (χ4v) is 4.96. The van der Waals surface area contributed by atoms with E-state index in [9.17, 15) is 4.79 Å². The van der Waals surface area contributed by atoms with Crippen LogP contribution in [-0.4, -0.2) is 29.1 Å². The number of halogens is 1. The quantitative estimate of drug-likeness (QED) is 0.286. The zero-order valence-corrected chi connectivity index (χ0v) is 22.4. The third-order valence-electron chi connectivity index (χ3n) is 5.95. The molecule has 1 heterocycles. The highest BCUT2D eigenvalue weighted by molar-refractivity contribution is 8.18. The first-order valence-corrected chi connectivity index (χ1v) is 13.0. The van der Waals surface area contributed by atoms with E-state index in [2.05, 4.69) is 6.92 Å². The van der Waals surface area contributed by atoms with Gasteiger partial charge in [-0.3, -0.25) is 9.69 Å². The topological polar surface area (TPSA) is 51.1 Å². The second kappa shape index (κ2) is 11.7. The highest BCUT2D eigenvalue weighted by Gasteiger charge is 2.36. The maximum atomic E-state index is 13.4. The Kier molecular flexibility index (Phi) is 8.39. The van der Waals surface area contributed by atoms with E-state index in [0.29, 0.717) is 33.2 Å². The molecule has 1 saturated heterocycles. The first-order valence-electron chi connectivity index (χ1n) is 11.8. The van der Waals surface area contributed by atoms with Crippen molar-refractivity contribution in [3.63, 3.8) is 0 Å². The number of carbonyl (C=O) groups excluding carboxylic acids is 1. The average molecular weight is 521 g/mol. The molecule has 1 aliphatic heterocycles. The van der Waals surface area contributed by atoms with Crippen molar-refractivity contribution in [1.29, 1.82) is 0 Å². The van der Waals surface area contributed by atoms with Crippen molar-refractivity contribution in [2.75, 3.05) is 7.11 Å². The number of ether oxygens (including phenoxy) is 2. The Hall–Kier alpha value is -3.22. The maximum absolute atomic E-state index is 13.4. The monoisotopic (exact) mass is 520 g/mol. The Balaban J connectivity index is 1.59. The Morgan fingerprint density at radius 1 is 1.08 bits per heavy atom.